The molecule has 0 saturated heterocycles. The monoisotopic (exact) mass is 273 g/mol. The Morgan fingerprint density at radius 3 is 2.83 bits per heavy atom. The van der Waals surface area contributed by atoms with E-state index < -0.39 is 5.82 Å². The molecule has 0 aliphatic carbocycles. The average Bonchev–Trinajstić information content (AvgIpc) is 2.31. The summed E-state index contributed by atoms with van der Waals surface area (Å²) in [5, 5.41) is -0.308. The van der Waals surface area contributed by atoms with Gasteiger partial charge in [0.2, 0.25) is 0 Å². The highest BCUT2D eigenvalue weighted by Crippen LogP contribution is 2.13. The second-order valence-electron chi connectivity index (χ2n) is 4.22. The molecule has 100 valence electrons. The largest absolute Gasteiger partial charge is 0.383 e. The third kappa shape index (κ3) is 3.96. The van der Waals surface area contributed by atoms with Crippen LogP contribution in [0.2, 0.25) is 0 Å². The first-order valence-electron chi connectivity index (χ1n) is 5.60. The van der Waals surface area contributed by atoms with E-state index in [9.17, 15) is 9.18 Å². The third-order valence-electron chi connectivity index (χ3n) is 2.52. The Balaban J connectivity index is 2.77. The van der Waals surface area contributed by atoms with Gasteiger partial charge in [0.15, 0.2) is 0 Å². The molecule has 1 unspecified atom stereocenters. The van der Waals surface area contributed by atoms with E-state index in [4.69, 9.17) is 16.3 Å². The number of aryl methyl sites for hydroxylation is 1. The molecule has 1 rings (SSSR count). The number of alkyl halides is 1. The Hall–Kier alpha value is -1.13. The van der Waals surface area contributed by atoms with Crippen LogP contribution in [-0.4, -0.2) is 43.5 Å². The van der Waals surface area contributed by atoms with Crippen LogP contribution in [0.15, 0.2) is 18.2 Å². The fourth-order valence-corrected chi connectivity index (χ4v) is 1.96. The first-order chi connectivity index (χ1) is 8.45. The third-order valence-corrected chi connectivity index (χ3v) is 2.78. The predicted octanol–water partition coefficient (Wildman–Crippen LogP) is 2.46. The molecule has 0 bridgehead atoms. The van der Waals surface area contributed by atoms with Crippen molar-refractivity contribution in [1.82, 2.24) is 4.90 Å². The van der Waals surface area contributed by atoms with Crippen LogP contribution in [0.5, 0.6) is 0 Å². The van der Waals surface area contributed by atoms with Gasteiger partial charge in [-0.25, -0.2) is 4.39 Å². The van der Waals surface area contributed by atoms with Crippen molar-refractivity contribution in [2.75, 3.05) is 27.3 Å². The minimum Gasteiger partial charge on any atom is -0.383 e. The fourth-order valence-electron chi connectivity index (χ4n) is 1.62. The van der Waals surface area contributed by atoms with E-state index in [2.05, 4.69) is 0 Å². The molecule has 1 aromatic carbocycles. The van der Waals surface area contributed by atoms with Crippen molar-refractivity contribution >= 4 is 17.5 Å². The van der Waals surface area contributed by atoms with Gasteiger partial charge in [-0.3, -0.25) is 4.79 Å². The zero-order valence-corrected chi connectivity index (χ0v) is 11.5. The molecule has 0 radical (unpaired) electrons. The molecule has 0 heterocycles. The fraction of sp³-hybridized carbons (Fsp3) is 0.462. The number of carbonyl (C=O) groups is 1. The average molecular weight is 274 g/mol. The molecule has 18 heavy (non-hydrogen) atoms. The predicted molar refractivity (Wildman–Crippen MR) is 69.6 cm³/mol. The van der Waals surface area contributed by atoms with Crippen LogP contribution in [0.4, 0.5) is 4.39 Å². The molecule has 1 amide bonds. The van der Waals surface area contributed by atoms with E-state index in [0.717, 1.165) is 5.56 Å². The molecule has 0 aliphatic heterocycles. The van der Waals surface area contributed by atoms with Crippen LogP contribution >= 0.6 is 11.6 Å². The van der Waals surface area contributed by atoms with Crippen LogP contribution < -0.4 is 0 Å². The lowest BCUT2D eigenvalue weighted by Crippen LogP contribution is -2.34. The number of halogens is 2. The summed E-state index contributed by atoms with van der Waals surface area (Å²) in [4.78, 5) is 13.4. The second kappa shape index (κ2) is 6.71. The van der Waals surface area contributed by atoms with Gasteiger partial charge in [-0.15, -0.1) is 11.6 Å². The maximum absolute atomic E-state index is 13.6. The summed E-state index contributed by atoms with van der Waals surface area (Å²) in [6.07, 6.45) is 0. The maximum Gasteiger partial charge on any atom is 0.256 e. The number of hydrogen-bond donors (Lipinski definition) is 0. The zero-order chi connectivity index (χ0) is 13.7. The van der Waals surface area contributed by atoms with Gasteiger partial charge in [-0.2, -0.15) is 0 Å². The lowest BCUT2D eigenvalue weighted by atomic mass is 10.1. The number of ether oxygens (including phenoxy) is 1. The van der Waals surface area contributed by atoms with Gasteiger partial charge in [0, 0.05) is 20.7 Å². The molecule has 3 nitrogen and oxygen atoms in total. The molecule has 0 aromatic heterocycles. The Bertz CT molecular complexity index is 425. The molecule has 0 fully saturated rings. The molecule has 1 aromatic rings. The molecular formula is C13H17ClFNO2. The van der Waals surface area contributed by atoms with Crippen LogP contribution in [0.1, 0.15) is 15.9 Å². The molecule has 1 atom stereocenters. The van der Waals surface area contributed by atoms with Gasteiger partial charge in [-0.1, -0.05) is 11.6 Å². The summed E-state index contributed by atoms with van der Waals surface area (Å²) in [6, 6.07) is 4.46. The standard InChI is InChI=1S/C13H17ClFNO2/c1-9-4-5-12(15)11(6-9)13(17)16(2)7-10(14)8-18-3/h4-6,10H,7-8H2,1-3H3. The van der Waals surface area contributed by atoms with Crippen molar-refractivity contribution < 1.29 is 13.9 Å². The van der Waals surface area contributed by atoms with Crippen molar-refractivity contribution in [2.24, 2.45) is 0 Å². The van der Waals surface area contributed by atoms with Gasteiger partial charge < -0.3 is 9.64 Å². The van der Waals surface area contributed by atoms with Gasteiger partial charge in [0.25, 0.3) is 5.91 Å². The maximum atomic E-state index is 13.6. The van der Waals surface area contributed by atoms with Crippen molar-refractivity contribution in [3.05, 3.63) is 35.1 Å². The normalized spacial score (nSPS) is 12.3. The Labute approximate surface area is 111 Å². The highest BCUT2D eigenvalue weighted by Gasteiger charge is 2.18. The summed E-state index contributed by atoms with van der Waals surface area (Å²) in [5.74, 6) is -0.895. The molecular weight excluding hydrogens is 257 g/mol. The van der Waals surface area contributed by atoms with Gasteiger partial charge in [0.05, 0.1) is 17.5 Å². The minimum atomic E-state index is -0.518. The molecule has 0 N–H and O–H groups in total. The molecule has 0 spiro atoms. The minimum absolute atomic E-state index is 0.0683. The Kier molecular flexibility index (Phi) is 5.56. The Morgan fingerprint density at radius 2 is 2.22 bits per heavy atom. The quantitative estimate of drug-likeness (QED) is 0.772. The first kappa shape index (κ1) is 14.9. The van der Waals surface area contributed by atoms with E-state index >= 15 is 0 Å². The summed E-state index contributed by atoms with van der Waals surface area (Å²) in [5.41, 5.74) is 0.909. The van der Waals surface area contributed by atoms with E-state index in [-0.39, 0.29) is 16.8 Å². The van der Waals surface area contributed by atoms with Crippen molar-refractivity contribution in [1.29, 1.82) is 0 Å². The van der Waals surface area contributed by atoms with Crippen LogP contribution in [0.25, 0.3) is 0 Å². The van der Waals surface area contributed by atoms with Crippen LogP contribution in [0.3, 0.4) is 0 Å². The topological polar surface area (TPSA) is 29.5 Å². The van der Waals surface area contributed by atoms with Crippen molar-refractivity contribution in [2.45, 2.75) is 12.3 Å². The number of nitrogens with zero attached hydrogens (tertiary/aromatic N) is 1. The Morgan fingerprint density at radius 1 is 1.56 bits per heavy atom. The van der Waals surface area contributed by atoms with Gasteiger partial charge in [0.1, 0.15) is 5.82 Å². The van der Waals surface area contributed by atoms with Gasteiger partial charge in [-0.05, 0) is 19.1 Å². The summed E-state index contributed by atoms with van der Waals surface area (Å²) < 4.78 is 18.4. The lowest BCUT2D eigenvalue weighted by Gasteiger charge is -2.20. The van der Waals surface area contributed by atoms with E-state index in [0.29, 0.717) is 13.2 Å². The summed E-state index contributed by atoms with van der Waals surface area (Å²) in [6.45, 7) is 2.46. The number of carbonyl (C=O) groups excluding carboxylic acids is 1. The summed E-state index contributed by atoms with van der Waals surface area (Å²) in [7, 11) is 3.13. The number of hydrogen-bond acceptors (Lipinski definition) is 2. The molecule has 0 aliphatic rings. The first-order valence-corrected chi connectivity index (χ1v) is 6.04. The SMILES string of the molecule is COCC(Cl)CN(C)C(=O)c1cc(C)ccc1F. The molecule has 0 saturated carbocycles. The highest BCUT2D eigenvalue weighted by atomic mass is 35.5. The smallest absolute Gasteiger partial charge is 0.256 e. The lowest BCUT2D eigenvalue weighted by molar-refractivity contribution is 0.0777. The second-order valence-corrected chi connectivity index (χ2v) is 4.84. The summed E-state index contributed by atoms with van der Waals surface area (Å²) >= 11 is 5.97. The number of rotatable bonds is 5. The van der Waals surface area contributed by atoms with Crippen molar-refractivity contribution in [3.63, 3.8) is 0 Å². The van der Waals surface area contributed by atoms with E-state index in [1.807, 2.05) is 6.92 Å². The zero-order valence-electron chi connectivity index (χ0n) is 10.7. The number of amides is 1. The number of benzene rings is 1. The van der Waals surface area contributed by atoms with E-state index in [1.165, 1.54) is 24.1 Å². The van der Waals surface area contributed by atoms with Crippen LogP contribution in [-0.2, 0) is 4.74 Å². The van der Waals surface area contributed by atoms with Crippen LogP contribution in [0, 0.1) is 12.7 Å². The number of methoxy groups -OCH3 is 1. The van der Waals surface area contributed by atoms with E-state index in [1.54, 1.807) is 13.1 Å². The van der Waals surface area contributed by atoms with Gasteiger partial charge >= 0.3 is 0 Å². The van der Waals surface area contributed by atoms with Crippen molar-refractivity contribution in [3.8, 4) is 0 Å². The highest BCUT2D eigenvalue weighted by molar-refractivity contribution is 6.21. The molecule has 5 heteroatoms.